The van der Waals surface area contributed by atoms with E-state index in [-0.39, 0.29) is 24.1 Å². The lowest BCUT2D eigenvalue weighted by atomic mass is 10.0. The molecule has 0 radical (unpaired) electrons. The van der Waals surface area contributed by atoms with Crippen LogP contribution in [-0.2, 0) is 6.42 Å². The van der Waals surface area contributed by atoms with Gasteiger partial charge in [-0.3, -0.25) is 0 Å². The van der Waals surface area contributed by atoms with E-state index in [4.69, 9.17) is 0 Å². The number of aliphatic hydroxyl groups excluding tert-OH is 1. The fraction of sp³-hybridized carbons (Fsp3) is 0.632. The van der Waals surface area contributed by atoms with Crippen molar-refractivity contribution in [1.29, 1.82) is 0 Å². The van der Waals surface area contributed by atoms with E-state index in [1.54, 1.807) is 0 Å². The number of rotatable bonds is 7. The third-order valence-electron chi connectivity index (χ3n) is 5.00. The summed E-state index contributed by atoms with van der Waals surface area (Å²) in [5.41, 5.74) is 2.51. The number of likely N-dealkylation sites (N-methyl/N-ethyl adjacent to an activating group) is 1. The summed E-state index contributed by atoms with van der Waals surface area (Å²) >= 11 is 0. The van der Waals surface area contributed by atoms with E-state index in [2.05, 4.69) is 46.7 Å². The number of nitrogens with zero attached hydrogens (tertiary/aromatic N) is 1. The van der Waals surface area contributed by atoms with Crippen LogP contribution in [0.1, 0.15) is 43.4 Å². The van der Waals surface area contributed by atoms with E-state index in [1.165, 1.54) is 11.1 Å². The van der Waals surface area contributed by atoms with Crippen LogP contribution in [0.15, 0.2) is 24.3 Å². The summed E-state index contributed by atoms with van der Waals surface area (Å²) in [6, 6.07) is 8.54. The molecule has 1 aliphatic carbocycles. The molecule has 134 valence electrons. The second-order valence-electron chi connectivity index (χ2n) is 6.92. The van der Waals surface area contributed by atoms with Crippen molar-refractivity contribution in [3.05, 3.63) is 35.4 Å². The topological polar surface area (TPSA) is 64.6 Å². The van der Waals surface area contributed by atoms with Gasteiger partial charge in [0.05, 0.1) is 12.1 Å². The molecular weight excluding hydrogens is 302 g/mol. The van der Waals surface area contributed by atoms with Crippen molar-refractivity contribution in [2.75, 3.05) is 27.2 Å². The van der Waals surface area contributed by atoms with E-state index in [1.807, 2.05) is 14.1 Å². The average molecular weight is 333 g/mol. The van der Waals surface area contributed by atoms with Crippen molar-refractivity contribution in [1.82, 2.24) is 15.5 Å². The molecule has 1 saturated carbocycles. The van der Waals surface area contributed by atoms with Gasteiger partial charge in [0.25, 0.3) is 0 Å². The number of nitrogens with one attached hydrogen (secondary N) is 2. The molecular formula is C19H31N3O2. The molecule has 1 aromatic rings. The van der Waals surface area contributed by atoms with Crippen LogP contribution in [0.2, 0.25) is 0 Å². The summed E-state index contributed by atoms with van der Waals surface area (Å²) in [7, 11) is 4.04. The summed E-state index contributed by atoms with van der Waals surface area (Å²) in [5.74, 6) is 0.196. The van der Waals surface area contributed by atoms with Crippen molar-refractivity contribution in [3.8, 4) is 0 Å². The minimum Gasteiger partial charge on any atom is -0.393 e. The number of aliphatic hydroxyl groups is 1. The number of carbonyl (C=O) groups is 1. The van der Waals surface area contributed by atoms with Crippen LogP contribution in [0, 0.1) is 5.92 Å². The Labute approximate surface area is 145 Å². The second-order valence-corrected chi connectivity index (χ2v) is 6.92. The maximum atomic E-state index is 12.0. The van der Waals surface area contributed by atoms with Gasteiger partial charge in [-0.05, 0) is 44.5 Å². The molecule has 1 aromatic carbocycles. The molecule has 5 heteroatoms. The number of amides is 2. The van der Waals surface area contributed by atoms with Gasteiger partial charge in [0.1, 0.15) is 0 Å². The van der Waals surface area contributed by atoms with Crippen LogP contribution < -0.4 is 10.6 Å². The molecule has 3 atom stereocenters. The zero-order valence-corrected chi connectivity index (χ0v) is 15.1. The minimum atomic E-state index is -0.267. The van der Waals surface area contributed by atoms with Crippen LogP contribution in [-0.4, -0.2) is 49.3 Å². The molecule has 3 N–H and O–H groups in total. The largest absolute Gasteiger partial charge is 0.393 e. The normalized spacial score (nSPS) is 21.7. The summed E-state index contributed by atoms with van der Waals surface area (Å²) in [4.78, 5) is 14.2. The second kappa shape index (κ2) is 9.04. The monoisotopic (exact) mass is 333 g/mol. The number of aryl methyl sites for hydroxylation is 1. The molecule has 0 heterocycles. The lowest BCUT2D eigenvalue weighted by Gasteiger charge is -2.25. The van der Waals surface area contributed by atoms with Crippen molar-refractivity contribution in [2.24, 2.45) is 5.92 Å². The van der Waals surface area contributed by atoms with E-state index in [0.29, 0.717) is 13.1 Å². The van der Waals surface area contributed by atoms with Crippen LogP contribution in [0.25, 0.3) is 0 Å². The van der Waals surface area contributed by atoms with Gasteiger partial charge < -0.3 is 20.6 Å². The average Bonchev–Trinajstić information content (AvgIpc) is 2.98. The molecule has 1 fully saturated rings. The van der Waals surface area contributed by atoms with E-state index < -0.39 is 0 Å². The molecule has 0 saturated heterocycles. The van der Waals surface area contributed by atoms with Gasteiger partial charge in [-0.1, -0.05) is 37.6 Å². The highest BCUT2D eigenvalue weighted by Gasteiger charge is 2.25. The fourth-order valence-corrected chi connectivity index (χ4v) is 3.31. The van der Waals surface area contributed by atoms with Gasteiger partial charge in [0.2, 0.25) is 0 Å². The number of carbonyl (C=O) groups excluding carboxylic acids is 1. The van der Waals surface area contributed by atoms with Crippen LogP contribution in [0.3, 0.4) is 0 Å². The van der Waals surface area contributed by atoms with Crippen molar-refractivity contribution >= 4 is 6.03 Å². The Morgan fingerprint density at radius 1 is 1.25 bits per heavy atom. The fourth-order valence-electron chi connectivity index (χ4n) is 3.31. The Morgan fingerprint density at radius 2 is 1.96 bits per heavy atom. The highest BCUT2D eigenvalue weighted by Crippen LogP contribution is 2.24. The van der Waals surface area contributed by atoms with Crippen LogP contribution in [0.4, 0.5) is 4.79 Å². The number of hydrogen-bond acceptors (Lipinski definition) is 3. The molecule has 2 rings (SSSR count). The SMILES string of the molecule is CCc1ccc(C(CNC(=O)NC[C@@H]2CCC[C@@H]2O)N(C)C)cc1. The minimum absolute atomic E-state index is 0.138. The molecule has 0 bridgehead atoms. The number of benzene rings is 1. The predicted molar refractivity (Wildman–Crippen MR) is 97.0 cm³/mol. The third kappa shape index (κ3) is 5.21. The zero-order valence-electron chi connectivity index (χ0n) is 15.1. The van der Waals surface area contributed by atoms with E-state index in [9.17, 15) is 9.90 Å². The Kier molecular flexibility index (Phi) is 7.06. The summed E-state index contributed by atoms with van der Waals surface area (Å²) in [6.45, 7) is 3.24. The maximum absolute atomic E-state index is 12.0. The highest BCUT2D eigenvalue weighted by atomic mass is 16.3. The first-order chi connectivity index (χ1) is 11.5. The summed E-state index contributed by atoms with van der Waals surface area (Å²) in [5, 5.41) is 15.7. The molecule has 2 amide bonds. The molecule has 0 spiro atoms. The van der Waals surface area contributed by atoms with Crippen molar-refractivity contribution in [2.45, 2.75) is 44.8 Å². The lowest BCUT2D eigenvalue weighted by molar-refractivity contribution is 0.132. The molecule has 0 aliphatic heterocycles. The maximum Gasteiger partial charge on any atom is 0.314 e. The van der Waals surface area contributed by atoms with Crippen LogP contribution in [0.5, 0.6) is 0 Å². The standard InChI is InChI=1S/C19H31N3O2/c1-4-14-8-10-15(11-9-14)17(22(2)3)13-21-19(24)20-12-16-6-5-7-18(16)23/h8-11,16-18,23H,4-7,12-13H2,1-3H3,(H2,20,21,24)/t16-,17?,18-/m0/s1. The smallest absolute Gasteiger partial charge is 0.314 e. The summed E-state index contributed by atoms with van der Waals surface area (Å²) in [6.07, 6.45) is 3.65. The quantitative estimate of drug-likeness (QED) is 0.717. The number of hydrogen-bond donors (Lipinski definition) is 3. The Balaban J connectivity index is 1.82. The van der Waals surface area contributed by atoms with Gasteiger partial charge in [-0.25, -0.2) is 4.79 Å². The molecule has 1 aliphatic rings. The molecule has 24 heavy (non-hydrogen) atoms. The number of urea groups is 1. The van der Waals surface area contributed by atoms with E-state index in [0.717, 1.165) is 25.7 Å². The van der Waals surface area contributed by atoms with Crippen LogP contribution >= 0.6 is 0 Å². The van der Waals surface area contributed by atoms with E-state index >= 15 is 0 Å². The molecule has 0 aromatic heterocycles. The van der Waals surface area contributed by atoms with Crippen molar-refractivity contribution < 1.29 is 9.90 Å². The van der Waals surface area contributed by atoms with Gasteiger partial charge in [-0.2, -0.15) is 0 Å². The Bertz CT molecular complexity index is 516. The third-order valence-corrected chi connectivity index (χ3v) is 5.00. The summed E-state index contributed by atoms with van der Waals surface area (Å²) < 4.78 is 0. The van der Waals surface area contributed by atoms with Gasteiger partial charge in [0, 0.05) is 19.0 Å². The zero-order chi connectivity index (χ0) is 17.5. The first-order valence-corrected chi connectivity index (χ1v) is 8.96. The first kappa shape index (κ1) is 18.7. The van der Waals surface area contributed by atoms with Crippen molar-refractivity contribution in [3.63, 3.8) is 0 Å². The van der Waals surface area contributed by atoms with Gasteiger partial charge in [0.15, 0.2) is 0 Å². The Morgan fingerprint density at radius 3 is 2.50 bits per heavy atom. The highest BCUT2D eigenvalue weighted by molar-refractivity contribution is 5.73. The molecule has 5 nitrogen and oxygen atoms in total. The van der Waals surface area contributed by atoms with Gasteiger partial charge in [-0.15, -0.1) is 0 Å². The predicted octanol–water partition coefficient (Wildman–Crippen LogP) is 2.31. The lowest BCUT2D eigenvalue weighted by Crippen LogP contribution is -2.42. The van der Waals surface area contributed by atoms with Gasteiger partial charge >= 0.3 is 6.03 Å². The first-order valence-electron chi connectivity index (χ1n) is 8.96. The Hall–Kier alpha value is -1.59. The molecule has 1 unspecified atom stereocenters.